The zero-order chi connectivity index (χ0) is 30.2. The summed E-state index contributed by atoms with van der Waals surface area (Å²) in [5.74, 6) is -1.11. The number of aromatic nitrogens is 1. The number of carbonyl (C=O) groups excluding carboxylic acids is 2. The van der Waals surface area contributed by atoms with Crippen molar-refractivity contribution in [3.63, 3.8) is 0 Å². The van der Waals surface area contributed by atoms with Crippen LogP contribution in [-0.4, -0.2) is 30.1 Å². The van der Waals surface area contributed by atoms with Gasteiger partial charge >= 0.3 is 0 Å². The summed E-state index contributed by atoms with van der Waals surface area (Å²) in [6.07, 6.45) is 1.64. The van der Waals surface area contributed by atoms with Crippen LogP contribution in [0.15, 0.2) is 101 Å². The number of aliphatic imine (C=N–C) groups is 1. The maximum atomic E-state index is 15.0. The molecular weight excluding hydrogens is 570 g/mol. The fourth-order valence-electron chi connectivity index (χ4n) is 4.25. The summed E-state index contributed by atoms with van der Waals surface area (Å²) < 4.78 is 33.8. The van der Waals surface area contributed by atoms with Crippen molar-refractivity contribution in [2.24, 2.45) is 4.99 Å². The smallest absolute Gasteiger partial charge is 0.267 e. The molecule has 1 heterocycles. The number of ether oxygens (including phenoxy) is 1. The number of thiazole rings is 1. The fraction of sp³-hybridized carbons (Fsp3) is 0.0909. The Labute approximate surface area is 250 Å². The van der Waals surface area contributed by atoms with Gasteiger partial charge in [-0.15, -0.1) is 11.3 Å². The highest BCUT2D eigenvalue weighted by molar-refractivity contribution is 7.12. The maximum absolute atomic E-state index is 15.0. The number of nitrogens with zero attached hydrogens (tertiary/aromatic N) is 2. The SMILES string of the molecule is CN=Cc1ccccc1C(=O)NCc1ccc(-c2ccc(CNC(=O)c3scnc3Oc3ccc(F)cc3)c(F)c2)cc1. The molecule has 10 heteroatoms. The number of hydrogen-bond acceptors (Lipinski definition) is 6. The lowest BCUT2D eigenvalue weighted by Crippen LogP contribution is -2.24. The summed E-state index contributed by atoms with van der Waals surface area (Å²) in [6.45, 7) is 0.296. The van der Waals surface area contributed by atoms with Gasteiger partial charge in [0.1, 0.15) is 17.4 Å². The Morgan fingerprint density at radius 3 is 2.35 bits per heavy atom. The van der Waals surface area contributed by atoms with Gasteiger partial charge in [0.15, 0.2) is 4.88 Å². The quantitative estimate of drug-likeness (QED) is 0.174. The Hall–Kier alpha value is -5.22. The van der Waals surface area contributed by atoms with Gasteiger partial charge in [-0.1, -0.05) is 54.6 Å². The van der Waals surface area contributed by atoms with E-state index >= 15 is 0 Å². The lowest BCUT2D eigenvalue weighted by atomic mass is 10.0. The van der Waals surface area contributed by atoms with Crippen LogP contribution in [0, 0.1) is 11.6 Å². The minimum atomic E-state index is -0.465. The van der Waals surface area contributed by atoms with Crippen LogP contribution >= 0.6 is 11.3 Å². The van der Waals surface area contributed by atoms with E-state index in [1.54, 1.807) is 37.5 Å². The number of benzene rings is 4. The summed E-state index contributed by atoms with van der Waals surface area (Å²) in [7, 11) is 1.66. The minimum absolute atomic E-state index is 0.0370. The van der Waals surface area contributed by atoms with E-state index in [9.17, 15) is 18.4 Å². The van der Waals surface area contributed by atoms with Crippen LogP contribution in [0.1, 0.15) is 36.7 Å². The summed E-state index contributed by atoms with van der Waals surface area (Å²) in [5, 5.41) is 5.62. The van der Waals surface area contributed by atoms with Crippen molar-refractivity contribution >= 4 is 29.4 Å². The van der Waals surface area contributed by atoms with Gasteiger partial charge in [0.05, 0.1) is 5.51 Å². The Morgan fingerprint density at radius 1 is 0.884 bits per heavy atom. The number of nitrogens with one attached hydrogen (secondary N) is 2. The third-order valence-electron chi connectivity index (χ3n) is 6.48. The molecule has 0 fully saturated rings. The summed E-state index contributed by atoms with van der Waals surface area (Å²) in [5.41, 5.74) is 5.44. The molecule has 0 atom stereocenters. The molecule has 1 aromatic heterocycles. The zero-order valence-corrected chi connectivity index (χ0v) is 23.8. The number of hydrogen-bond donors (Lipinski definition) is 2. The number of halogens is 2. The molecule has 0 saturated heterocycles. The second-order valence-corrected chi connectivity index (χ2v) is 10.2. The Kier molecular flexibility index (Phi) is 9.28. The molecule has 5 rings (SSSR count). The van der Waals surface area contributed by atoms with Crippen LogP contribution in [0.25, 0.3) is 11.1 Å². The summed E-state index contributed by atoms with van der Waals surface area (Å²) in [4.78, 5) is 33.7. The van der Waals surface area contributed by atoms with Crippen molar-refractivity contribution in [3.8, 4) is 22.8 Å². The van der Waals surface area contributed by atoms with E-state index in [2.05, 4.69) is 20.6 Å². The highest BCUT2D eigenvalue weighted by atomic mass is 32.1. The van der Waals surface area contributed by atoms with Gasteiger partial charge in [0.25, 0.3) is 11.8 Å². The summed E-state index contributed by atoms with van der Waals surface area (Å²) in [6, 6.07) is 24.9. The molecule has 0 spiro atoms. The van der Waals surface area contributed by atoms with E-state index in [4.69, 9.17) is 4.74 Å². The van der Waals surface area contributed by atoms with Gasteiger partial charge in [-0.25, -0.2) is 13.8 Å². The van der Waals surface area contributed by atoms with Crippen molar-refractivity contribution in [2.75, 3.05) is 7.05 Å². The molecule has 2 amide bonds. The minimum Gasteiger partial charge on any atom is -0.437 e. The van der Waals surface area contributed by atoms with E-state index in [1.165, 1.54) is 35.8 Å². The van der Waals surface area contributed by atoms with Crippen molar-refractivity contribution in [1.82, 2.24) is 15.6 Å². The molecule has 0 unspecified atom stereocenters. The van der Waals surface area contributed by atoms with Crippen LogP contribution in [0.2, 0.25) is 0 Å². The third kappa shape index (κ3) is 7.35. The average Bonchev–Trinajstić information content (AvgIpc) is 3.49. The van der Waals surface area contributed by atoms with Crippen molar-refractivity contribution in [2.45, 2.75) is 13.1 Å². The fourth-order valence-corrected chi connectivity index (χ4v) is 4.88. The van der Waals surface area contributed by atoms with Gasteiger partial charge in [-0.3, -0.25) is 14.6 Å². The second kappa shape index (κ2) is 13.6. The van der Waals surface area contributed by atoms with Crippen LogP contribution < -0.4 is 15.4 Å². The van der Waals surface area contributed by atoms with Crippen LogP contribution in [0.3, 0.4) is 0 Å². The number of carbonyl (C=O) groups is 2. The molecule has 0 aliphatic rings. The van der Waals surface area contributed by atoms with E-state index in [0.29, 0.717) is 29.0 Å². The van der Waals surface area contributed by atoms with Gasteiger partial charge in [-0.2, -0.15) is 0 Å². The molecule has 4 aromatic carbocycles. The van der Waals surface area contributed by atoms with Crippen molar-refractivity contribution in [1.29, 1.82) is 0 Å². The largest absolute Gasteiger partial charge is 0.437 e. The van der Waals surface area contributed by atoms with Crippen LogP contribution in [0.4, 0.5) is 8.78 Å². The molecule has 0 saturated carbocycles. The summed E-state index contributed by atoms with van der Waals surface area (Å²) >= 11 is 1.08. The normalized spacial score (nSPS) is 11.0. The van der Waals surface area contributed by atoms with E-state index in [1.807, 2.05) is 36.4 Å². The maximum Gasteiger partial charge on any atom is 0.267 e. The van der Waals surface area contributed by atoms with Gasteiger partial charge in [0.2, 0.25) is 5.88 Å². The average molecular weight is 597 g/mol. The van der Waals surface area contributed by atoms with Crippen LogP contribution in [-0.2, 0) is 13.1 Å². The first kappa shape index (κ1) is 29.3. The van der Waals surface area contributed by atoms with Crippen molar-refractivity contribution in [3.05, 3.63) is 135 Å². The molecule has 0 bridgehead atoms. The van der Waals surface area contributed by atoms with Crippen LogP contribution in [0.5, 0.6) is 11.6 Å². The molecular formula is C33H26F2N4O3S. The third-order valence-corrected chi connectivity index (χ3v) is 7.28. The van der Waals surface area contributed by atoms with Gasteiger partial charge in [0, 0.05) is 43.0 Å². The predicted octanol–water partition coefficient (Wildman–Crippen LogP) is 6.79. The van der Waals surface area contributed by atoms with E-state index in [0.717, 1.165) is 28.0 Å². The Bertz CT molecular complexity index is 1770. The predicted molar refractivity (Wildman–Crippen MR) is 163 cm³/mol. The zero-order valence-electron chi connectivity index (χ0n) is 23.0. The lowest BCUT2D eigenvalue weighted by Gasteiger charge is -2.10. The van der Waals surface area contributed by atoms with Gasteiger partial charge in [-0.05, 0) is 53.1 Å². The molecule has 7 nitrogen and oxygen atoms in total. The molecule has 43 heavy (non-hydrogen) atoms. The van der Waals surface area contributed by atoms with Gasteiger partial charge < -0.3 is 15.4 Å². The Morgan fingerprint density at radius 2 is 1.60 bits per heavy atom. The van der Waals surface area contributed by atoms with E-state index < -0.39 is 17.5 Å². The first-order valence-electron chi connectivity index (χ1n) is 13.2. The monoisotopic (exact) mass is 596 g/mol. The molecule has 5 aromatic rings. The van der Waals surface area contributed by atoms with Crippen molar-refractivity contribution < 1.29 is 23.1 Å². The number of amides is 2. The molecule has 0 aliphatic heterocycles. The second-order valence-electron chi connectivity index (χ2n) is 9.39. The first-order chi connectivity index (χ1) is 20.9. The Balaban J connectivity index is 1.17. The highest BCUT2D eigenvalue weighted by Gasteiger charge is 2.18. The first-order valence-corrected chi connectivity index (χ1v) is 14.1. The molecule has 0 aliphatic carbocycles. The lowest BCUT2D eigenvalue weighted by molar-refractivity contribution is 0.0943. The topological polar surface area (TPSA) is 92.7 Å². The standard InChI is InChI=1S/C33H26F2N4O3S/c1-36-18-24-4-2-3-5-28(24)31(40)37-17-21-6-8-22(9-7-21)23-10-11-25(29(35)16-23)19-38-32(41)30-33(39-20-43-30)42-27-14-12-26(34)13-15-27/h2-16,18,20H,17,19H2,1H3,(H,37,40)(H,38,41). The molecule has 216 valence electrons. The molecule has 2 N–H and O–H groups in total. The molecule has 0 radical (unpaired) electrons. The highest BCUT2D eigenvalue weighted by Crippen LogP contribution is 2.27. The number of rotatable bonds is 10. The van der Waals surface area contributed by atoms with E-state index in [-0.39, 0.29) is 23.2 Å².